The first-order valence-electron chi connectivity index (χ1n) is 11.3. The third-order valence-corrected chi connectivity index (χ3v) is 5.98. The van der Waals surface area contributed by atoms with Gasteiger partial charge in [-0.2, -0.15) is 0 Å². The van der Waals surface area contributed by atoms with Crippen LogP contribution in [0, 0.1) is 6.92 Å². The molecule has 0 aliphatic carbocycles. The van der Waals surface area contributed by atoms with Crippen molar-refractivity contribution in [1.82, 2.24) is 24.8 Å². The van der Waals surface area contributed by atoms with Gasteiger partial charge in [-0.3, -0.25) is 14.1 Å². The quantitative estimate of drug-likeness (QED) is 0.496. The molecule has 1 N–H and O–H groups in total. The molecule has 1 amide bonds. The molecule has 2 aromatic heterocycles. The molecule has 1 saturated heterocycles. The zero-order chi connectivity index (χ0) is 22.6. The maximum atomic E-state index is 12.5. The molecule has 1 aliphatic rings. The van der Waals surface area contributed by atoms with Crippen molar-refractivity contribution in [3.05, 3.63) is 78.0 Å². The van der Waals surface area contributed by atoms with E-state index in [1.54, 1.807) is 0 Å². The number of ether oxygens (including phenoxy) is 1. The van der Waals surface area contributed by atoms with Gasteiger partial charge in [0.2, 0.25) is 0 Å². The highest BCUT2D eigenvalue weighted by Gasteiger charge is 2.12. The lowest BCUT2D eigenvalue weighted by Crippen LogP contribution is -2.41. The molecular weight excluding hydrogens is 414 g/mol. The Morgan fingerprint density at radius 3 is 2.55 bits per heavy atom. The zero-order valence-corrected chi connectivity index (χ0v) is 18.7. The molecule has 4 aromatic rings. The van der Waals surface area contributed by atoms with Gasteiger partial charge in [0, 0.05) is 43.5 Å². The first kappa shape index (κ1) is 21.3. The minimum atomic E-state index is -0.0502. The highest BCUT2D eigenvalue weighted by molar-refractivity contribution is 5.94. The second-order valence-corrected chi connectivity index (χ2v) is 8.33. The molecule has 7 nitrogen and oxygen atoms in total. The van der Waals surface area contributed by atoms with Gasteiger partial charge in [-0.1, -0.05) is 35.9 Å². The van der Waals surface area contributed by atoms with Crippen LogP contribution in [0.3, 0.4) is 0 Å². The summed E-state index contributed by atoms with van der Waals surface area (Å²) in [6.45, 7) is 6.92. The van der Waals surface area contributed by atoms with Gasteiger partial charge in [-0.15, -0.1) is 10.2 Å². The number of aryl methyl sites for hydroxylation is 1. The molecule has 33 heavy (non-hydrogen) atoms. The van der Waals surface area contributed by atoms with E-state index in [1.165, 1.54) is 5.56 Å². The van der Waals surface area contributed by atoms with Crippen molar-refractivity contribution < 1.29 is 9.53 Å². The Labute approximate surface area is 193 Å². The molecule has 3 heterocycles. The second kappa shape index (κ2) is 9.52. The molecule has 2 aromatic carbocycles. The van der Waals surface area contributed by atoms with Gasteiger partial charge in [-0.25, -0.2) is 0 Å². The highest BCUT2D eigenvalue weighted by Crippen LogP contribution is 2.24. The van der Waals surface area contributed by atoms with Crippen molar-refractivity contribution in [1.29, 1.82) is 0 Å². The summed E-state index contributed by atoms with van der Waals surface area (Å²) in [5, 5.41) is 11.7. The van der Waals surface area contributed by atoms with Crippen LogP contribution in [0.15, 0.2) is 66.9 Å². The number of hydrogen-bond acceptors (Lipinski definition) is 5. The van der Waals surface area contributed by atoms with E-state index in [4.69, 9.17) is 4.74 Å². The summed E-state index contributed by atoms with van der Waals surface area (Å²) < 4.78 is 7.37. The molecule has 0 radical (unpaired) electrons. The number of amides is 1. The highest BCUT2D eigenvalue weighted by atomic mass is 16.5. The molecule has 0 atom stereocenters. The van der Waals surface area contributed by atoms with Gasteiger partial charge < -0.3 is 10.1 Å². The maximum Gasteiger partial charge on any atom is 0.251 e. The Bertz CT molecular complexity index is 1260. The van der Waals surface area contributed by atoms with Crippen molar-refractivity contribution in [2.45, 2.75) is 6.92 Å². The zero-order valence-electron chi connectivity index (χ0n) is 18.7. The minimum Gasteiger partial charge on any atom is -0.379 e. The lowest BCUT2D eigenvalue weighted by molar-refractivity contribution is 0.0383. The van der Waals surface area contributed by atoms with Gasteiger partial charge in [0.15, 0.2) is 11.5 Å². The Kier molecular flexibility index (Phi) is 6.15. The van der Waals surface area contributed by atoms with Gasteiger partial charge in [0.05, 0.1) is 13.2 Å². The largest absolute Gasteiger partial charge is 0.379 e. The molecule has 1 aliphatic heterocycles. The molecule has 168 valence electrons. The van der Waals surface area contributed by atoms with Crippen LogP contribution in [0.1, 0.15) is 15.9 Å². The standard InChI is InChI=1S/C26H27N5O2/c1-19-3-2-4-22(17-19)25-29-28-24-10-9-23(18-31(24)25)20-5-7-21(8-6-20)26(32)27-11-12-30-13-15-33-16-14-30/h2-10,17-18H,11-16H2,1H3,(H,27,32). The minimum absolute atomic E-state index is 0.0502. The fourth-order valence-corrected chi connectivity index (χ4v) is 4.11. The Morgan fingerprint density at radius 2 is 1.76 bits per heavy atom. The van der Waals surface area contributed by atoms with Crippen LogP contribution in [-0.2, 0) is 4.74 Å². The van der Waals surface area contributed by atoms with E-state index in [2.05, 4.69) is 39.5 Å². The summed E-state index contributed by atoms with van der Waals surface area (Å²) >= 11 is 0. The van der Waals surface area contributed by atoms with Crippen LogP contribution < -0.4 is 5.32 Å². The van der Waals surface area contributed by atoms with Gasteiger partial charge >= 0.3 is 0 Å². The van der Waals surface area contributed by atoms with Crippen LogP contribution >= 0.6 is 0 Å². The third-order valence-electron chi connectivity index (χ3n) is 5.98. The summed E-state index contributed by atoms with van der Waals surface area (Å²) in [7, 11) is 0. The molecule has 0 unspecified atom stereocenters. The topological polar surface area (TPSA) is 71.8 Å². The molecule has 0 saturated carbocycles. The molecule has 7 heteroatoms. The lowest BCUT2D eigenvalue weighted by atomic mass is 10.1. The molecule has 0 spiro atoms. The van der Waals surface area contributed by atoms with E-state index in [9.17, 15) is 4.79 Å². The Balaban J connectivity index is 1.30. The number of fused-ring (bicyclic) bond motifs is 1. The average Bonchev–Trinajstić information content (AvgIpc) is 3.28. The molecule has 5 rings (SSSR count). The fourth-order valence-electron chi connectivity index (χ4n) is 4.11. The Hall–Kier alpha value is -3.55. The van der Waals surface area contributed by atoms with Crippen molar-refractivity contribution in [2.24, 2.45) is 0 Å². The number of carbonyl (C=O) groups excluding carboxylic acids is 1. The summed E-state index contributed by atoms with van der Waals surface area (Å²) in [5.41, 5.74) is 5.74. The van der Waals surface area contributed by atoms with Crippen molar-refractivity contribution in [2.75, 3.05) is 39.4 Å². The number of pyridine rings is 1. The molecular formula is C26H27N5O2. The van der Waals surface area contributed by atoms with Gasteiger partial charge in [-0.05, 0) is 48.4 Å². The van der Waals surface area contributed by atoms with Gasteiger partial charge in [0.1, 0.15) is 0 Å². The number of nitrogens with one attached hydrogen (secondary N) is 1. The van der Waals surface area contributed by atoms with E-state index in [0.717, 1.165) is 61.0 Å². The summed E-state index contributed by atoms with van der Waals surface area (Å²) in [4.78, 5) is 14.8. The number of rotatable bonds is 6. The molecule has 1 fully saturated rings. The fraction of sp³-hybridized carbons (Fsp3) is 0.269. The number of aromatic nitrogens is 3. The van der Waals surface area contributed by atoms with E-state index in [0.29, 0.717) is 12.1 Å². The predicted octanol–water partition coefficient (Wildman–Crippen LogP) is 3.43. The Morgan fingerprint density at radius 1 is 0.970 bits per heavy atom. The smallest absolute Gasteiger partial charge is 0.251 e. The van der Waals surface area contributed by atoms with Crippen LogP contribution in [0.2, 0.25) is 0 Å². The van der Waals surface area contributed by atoms with Crippen LogP contribution in [-0.4, -0.2) is 64.8 Å². The van der Waals surface area contributed by atoms with Crippen LogP contribution in [0.25, 0.3) is 28.2 Å². The van der Waals surface area contributed by atoms with E-state index in [1.807, 2.05) is 59.1 Å². The number of hydrogen-bond donors (Lipinski definition) is 1. The maximum absolute atomic E-state index is 12.5. The first-order chi connectivity index (χ1) is 16.2. The summed E-state index contributed by atoms with van der Waals surface area (Å²) in [5.74, 6) is 0.762. The third kappa shape index (κ3) is 4.79. The number of benzene rings is 2. The lowest BCUT2D eigenvalue weighted by Gasteiger charge is -2.26. The number of nitrogens with zero attached hydrogens (tertiary/aromatic N) is 4. The monoisotopic (exact) mass is 441 g/mol. The number of carbonyl (C=O) groups is 1. The van der Waals surface area contributed by atoms with Crippen molar-refractivity contribution in [3.63, 3.8) is 0 Å². The van der Waals surface area contributed by atoms with Crippen molar-refractivity contribution in [3.8, 4) is 22.5 Å². The SMILES string of the molecule is Cc1cccc(-c2nnc3ccc(-c4ccc(C(=O)NCCN5CCOCC5)cc4)cn23)c1. The average molecular weight is 442 g/mol. The predicted molar refractivity (Wildman–Crippen MR) is 128 cm³/mol. The normalized spacial score (nSPS) is 14.5. The molecule has 0 bridgehead atoms. The van der Waals surface area contributed by atoms with E-state index in [-0.39, 0.29) is 5.91 Å². The van der Waals surface area contributed by atoms with Crippen LogP contribution in [0.5, 0.6) is 0 Å². The second-order valence-electron chi connectivity index (χ2n) is 8.33. The van der Waals surface area contributed by atoms with Gasteiger partial charge in [0.25, 0.3) is 5.91 Å². The van der Waals surface area contributed by atoms with Crippen molar-refractivity contribution >= 4 is 11.6 Å². The van der Waals surface area contributed by atoms with E-state index >= 15 is 0 Å². The first-order valence-corrected chi connectivity index (χ1v) is 11.3. The van der Waals surface area contributed by atoms with Crippen LogP contribution in [0.4, 0.5) is 0 Å². The van der Waals surface area contributed by atoms with E-state index < -0.39 is 0 Å². The summed E-state index contributed by atoms with van der Waals surface area (Å²) in [6.07, 6.45) is 2.05. The summed E-state index contributed by atoms with van der Waals surface area (Å²) in [6, 6.07) is 19.9. The number of morpholine rings is 1.